The number of carbonyl (C=O) groups is 1. The molecule has 0 aliphatic carbocycles. The minimum Gasteiger partial charge on any atom is -0.493 e. The van der Waals surface area contributed by atoms with Crippen molar-refractivity contribution >= 4 is 17.9 Å². The summed E-state index contributed by atoms with van der Waals surface area (Å²) in [6, 6.07) is 14.0. The predicted molar refractivity (Wildman–Crippen MR) is 107 cm³/mol. The summed E-state index contributed by atoms with van der Waals surface area (Å²) in [6.45, 7) is 7.08. The summed E-state index contributed by atoms with van der Waals surface area (Å²) in [7, 11) is 1.55. The van der Waals surface area contributed by atoms with Crippen molar-refractivity contribution < 1.29 is 14.3 Å². The molecule has 0 saturated carbocycles. The third-order valence-corrected chi connectivity index (χ3v) is 4.47. The predicted octanol–water partition coefficient (Wildman–Crippen LogP) is 3.09. The maximum absolute atomic E-state index is 11.1. The van der Waals surface area contributed by atoms with Gasteiger partial charge in [0, 0.05) is 25.7 Å². The van der Waals surface area contributed by atoms with Crippen LogP contribution in [0, 0.1) is 6.92 Å². The fourth-order valence-corrected chi connectivity index (χ4v) is 2.98. The van der Waals surface area contributed by atoms with Crippen LogP contribution in [-0.4, -0.2) is 50.5 Å². The Kier molecular flexibility index (Phi) is 5.96. The molecular formula is C21H25N3O3. The van der Waals surface area contributed by atoms with E-state index in [0.717, 1.165) is 31.7 Å². The van der Waals surface area contributed by atoms with Gasteiger partial charge in [0.25, 0.3) is 0 Å². The fraction of sp³-hybridized carbons (Fsp3) is 0.333. The number of esters is 1. The normalized spacial score (nSPS) is 14.5. The molecule has 0 unspecified atom stereocenters. The molecule has 142 valence electrons. The molecule has 1 aliphatic heterocycles. The third kappa shape index (κ3) is 5.00. The first-order valence-electron chi connectivity index (χ1n) is 9.02. The van der Waals surface area contributed by atoms with E-state index in [2.05, 4.69) is 46.2 Å². The number of methoxy groups -OCH3 is 1. The first-order valence-corrected chi connectivity index (χ1v) is 9.02. The zero-order valence-corrected chi connectivity index (χ0v) is 16.0. The molecular weight excluding hydrogens is 342 g/mol. The number of aryl methyl sites for hydroxylation is 1. The molecule has 1 aliphatic rings. The maximum atomic E-state index is 11.1. The molecule has 0 spiro atoms. The van der Waals surface area contributed by atoms with Crippen LogP contribution in [0.1, 0.15) is 18.1 Å². The molecule has 3 rings (SSSR count). The molecule has 0 bridgehead atoms. The molecule has 1 saturated heterocycles. The lowest BCUT2D eigenvalue weighted by Crippen LogP contribution is -2.44. The van der Waals surface area contributed by atoms with E-state index >= 15 is 0 Å². The lowest BCUT2D eigenvalue weighted by Gasteiger charge is -2.34. The Morgan fingerprint density at radius 1 is 1.04 bits per heavy atom. The van der Waals surface area contributed by atoms with Gasteiger partial charge in [-0.25, -0.2) is 0 Å². The van der Waals surface area contributed by atoms with Crippen LogP contribution >= 0.6 is 0 Å². The number of ether oxygens (including phenoxy) is 2. The molecule has 0 aromatic heterocycles. The van der Waals surface area contributed by atoms with Crippen molar-refractivity contribution in [1.82, 2.24) is 5.01 Å². The van der Waals surface area contributed by atoms with Gasteiger partial charge in [-0.15, -0.1) is 0 Å². The monoisotopic (exact) mass is 367 g/mol. The first-order chi connectivity index (χ1) is 13.0. The number of piperazine rings is 1. The summed E-state index contributed by atoms with van der Waals surface area (Å²) in [5, 5.41) is 6.65. The van der Waals surface area contributed by atoms with Crippen molar-refractivity contribution in [3.63, 3.8) is 0 Å². The van der Waals surface area contributed by atoms with Gasteiger partial charge in [-0.3, -0.25) is 9.80 Å². The second kappa shape index (κ2) is 8.58. The van der Waals surface area contributed by atoms with Gasteiger partial charge in [0.1, 0.15) is 0 Å². The van der Waals surface area contributed by atoms with Crippen LogP contribution in [0.5, 0.6) is 11.5 Å². The zero-order valence-electron chi connectivity index (χ0n) is 16.0. The smallest absolute Gasteiger partial charge is 0.308 e. The summed E-state index contributed by atoms with van der Waals surface area (Å²) < 4.78 is 10.4. The van der Waals surface area contributed by atoms with Crippen LogP contribution in [0.4, 0.5) is 5.69 Å². The molecule has 6 nitrogen and oxygen atoms in total. The van der Waals surface area contributed by atoms with Gasteiger partial charge in [0.05, 0.1) is 26.4 Å². The average molecular weight is 367 g/mol. The van der Waals surface area contributed by atoms with Gasteiger partial charge in [-0.2, -0.15) is 5.10 Å². The number of benzene rings is 2. The Morgan fingerprint density at radius 3 is 2.37 bits per heavy atom. The van der Waals surface area contributed by atoms with Crippen LogP contribution < -0.4 is 14.4 Å². The van der Waals surface area contributed by atoms with E-state index in [9.17, 15) is 4.79 Å². The van der Waals surface area contributed by atoms with Crippen LogP contribution in [0.2, 0.25) is 0 Å². The van der Waals surface area contributed by atoms with Crippen LogP contribution in [0.15, 0.2) is 47.6 Å². The van der Waals surface area contributed by atoms with E-state index in [1.807, 2.05) is 18.3 Å². The molecule has 2 aromatic carbocycles. The van der Waals surface area contributed by atoms with E-state index in [4.69, 9.17) is 9.47 Å². The van der Waals surface area contributed by atoms with E-state index in [1.165, 1.54) is 18.2 Å². The van der Waals surface area contributed by atoms with Gasteiger partial charge in [-0.05, 0) is 42.8 Å². The Bertz CT molecular complexity index is 810. The largest absolute Gasteiger partial charge is 0.493 e. The van der Waals surface area contributed by atoms with Crippen molar-refractivity contribution in [1.29, 1.82) is 0 Å². The van der Waals surface area contributed by atoms with E-state index < -0.39 is 0 Å². The highest BCUT2D eigenvalue weighted by Crippen LogP contribution is 2.27. The topological polar surface area (TPSA) is 54.4 Å². The Balaban J connectivity index is 1.59. The average Bonchev–Trinajstić information content (AvgIpc) is 2.68. The van der Waals surface area contributed by atoms with Crippen LogP contribution in [-0.2, 0) is 4.79 Å². The molecule has 0 radical (unpaired) electrons. The molecule has 0 atom stereocenters. The van der Waals surface area contributed by atoms with Crippen molar-refractivity contribution in [2.24, 2.45) is 5.10 Å². The molecule has 0 N–H and O–H groups in total. The summed E-state index contributed by atoms with van der Waals surface area (Å²) in [5.74, 6) is 0.549. The van der Waals surface area contributed by atoms with Crippen molar-refractivity contribution in [2.45, 2.75) is 13.8 Å². The number of nitrogens with zero attached hydrogens (tertiary/aromatic N) is 3. The summed E-state index contributed by atoms with van der Waals surface area (Å²) >= 11 is 0. The molecule has 0 amide bonds. The molecule has 1 fully saturated rings. The number of rotatable bonds is 5. The maximum Gasteiger partial charge on any atom is 0.308 e. The van der Waals surface area contributed by atoms with E-state index in [1.54, 1.807) is 13.2 Å². The molecule has 27 heavy (non-hydrogen) atoms. The van der Waals surface area contributed by atoms with Crippen molar-refractivity contribution in [2.75, 3.05) is 38.2 Å². The minimum atomic E-state index is -0.374. The highest BCUT2D eigenvalue weighted by molar-refractivity contribution is 5.81. The van der Waals surface area contributed by atoms with Gasteiger partial charge in [0.2, 0.25) is 0 Å². The summed E-state index contributed by atoms with van der Waals surface area (Å²) in [6.07, 6.45) is 1.81. The molecule has 1 heterocycles. The first kappa shape index (κ1) is 18.8. The number of anilines is 1. The van der Waals surface area contributed by atoms with Crippen molar-refractivity contribution in [3.8, 4) is 11.5 Å². The number of carbonyl (C=O) groups excluding carboxylic acids is 1. The van der Waals surface area contributed by atoms with Gasteiger partial charge in [-0.1, -0.05) is 17.7 Å². The van der Waals surface area contributed by atoms with Gasteiger partial charge >= 0.3 is 5.97 Å². The highest BCUT2D eigenvalue weighted by Gasteiger charge is 2.15. The molecule has 6 heteroatoms. The lowest BCUT2D eigenvalue weighted by molar-refractivity contribution is -0.132. The second-order valence-corrected chi connectivity index (χ2v) is 6.52. The quantitative estimate of drug-likeness (QED) is 0.462. The van der Waals surface area contributed by atoms with E-state index in [-0.39, 0.29) is 5.97 Å². The van der Waals surface area contributed by atoms with E-state index in [0.29, 0.717) is 11.5 Å². The van der Waals surface area contributed by atoms with Crippen LogP contribution in [0.3, 0.4) is 0 Å². The Morgan fingerprint density at radius 2 is 1.74 bits per heavy atom. The standard InChI is InChI=1S/C21H25N3O3/c1-16-4-7-19(8-5-16)23-10-12-24(13-11-23)22-15-18-6-9-20(27-17(2)25)21(14-18)26-3/h4-9,14-15H,10-13H2,1-3H3. The summed E-state index contributed by atoms with van der Waals surface area (Å²) in [5.41, 5.74) is 3.43. The third-order valence-electron chi connectivity index (χ3n) is 4.47. The lowest BCUT2D eigenvalue weighted by atomic mass is 10.2. The second-order valence-electron chi connectivity index (χ2n) is 6.52. The fourth-order valence-electron chi connectivity index (χ4n) is 2.98. The SMILES string of the molecule is COc1cc(C=NN2CCN(c3ccc(C)cc3)CC2)ccc1OC(C)=O. The van der Waals surface area contributed by atoms with Crippen molar-refractivity contribution in [3.05, 3.63) is 53.6 Å². The number of hydrazone groups is 1. The highest BCUT2D eigenvalue weighted by atomic mass is 16.6. The summed E-state index contributed by atoms with van der Waals surface area (Å²) in [4.78, 5) is 13.5. The Labute approximate surface area is 160 Å². The van der Waals surface area contributed by atoms with Gasteiger partial charge in [0.15, 0.2) is 11.5 Å². The van der Waals surface area contributed by atoms with Crippen LogP contribution in [0.25, 0.3) is 0 Å². The zero-order chi connectivity index (χ0) is 19.2. The van der Waals surface area contributed by atoms with Gasteiger partial charge < -0.3 is 14.4 Å². The number of hydrogen-bond acceptors (Lipinski definition) is 6. The minimum absolute atomic E-state index is 0.374. The Hall–Kier alpha value is -3.02. The number of hydrogen-bond donors (Lipinski definition) is 0. The molecule has 2 aromatic rings.